The molecule has 0 N–H and O–H groups in total. The molecule has 0 heterocycles. The lowest BCUT2D eigenvalue weighted by atomic mass is 9.97. The maximum atomic E-state index is 11.6. The number of benzene rings is 2. The van der Waals surface area contributed by atoms with Crippen LogP contribution in [-0.4, -0.2) is 19.2 Å². The Bertz CT molecular complexity index is 595. The summed E-state index contributed by atoms with van der Waals surface area (Å²) in [6, 6.07) is 18.1. The molecular weight excluding hydrogens is 276 g/mol. The largest absolute Gasteiger partial charge is 0.490 e. The maximum absolute atomic E-state index is 11.6. The van der Waals surface area contributed by atoms with Gasteiger partial charge in [0.15, 0.2) is 0 Å². The predicted octanol–water partition coefficient (Wildman–Crippen LogP) is 4.32. The molecule has 0 aliphatic rings. The smallest absolute Gasteiger partial charge is 0.311 e. The molecule has 0 bridgehead atoms. The fourth-order valence-corrected chi connectivity index (χ4v) is 1.88. The van der Waals surface area contributed by atoms with Gasteiger partial charge in [0.05, 0.1) is 5.41 Å². The summed E-state index contributed by atoms with van der Waals surface area (Å²) in [5, 5.41) is 0. The highest BCUT2D eigenvalue weighted by Gasteiger charge is 2.22. The monoisotopic (exact) mass is 298 g/mol. The standard InChI is InChI=1S/C19H22O3/c1-19(2,3)18(20)22-14-13-21-17-11-9-16(10-12-17)15-7-5-4-6-8-15/h4-12H,13-14H2,1-3H3. The summed E-state index contributed by atoms with van der Waals surface area (Å²) >= 11 is 0. The number of rotatable bonds is 5. The van der Waals surface area contributed by atoms with E-state index in [0.717, 1.165) is 11.3 Å². The Balaban J connectivity index is 1.81. The molecule has 3 heteroatoms. The zero-order chi connectivity index (χ0) is 16.0. The topological polar surface area (TPSA) is 35.5 Å². The van der Waals surface area contributed by atoms with Crippen LogP contribution in [0.4, 0.5) is 0 Å². The minimum absolute atomic E-state index is 0.212. The van der Waals surface area contributed by atoms with Crippen molar-refractivity contribution in [3.05, 3.63) is 54.6 Å². The first kappa shape index (κ1) is 16.1. The first-order valence-electron chi connectivity index (χ1n) is 7.42. The van der Waals surface area contributed by atoms with Crippen molar-refractivity contribution >= 4 is 5.97 Å². The number of carbonyl (C=O) groups excluding carboxylic acids is 1. The minimum atomic E-state index is -0.475. The molecule has 0 radical (unpaired) electrons. The van der Waals surface area contributed by atoms with E-state index >= 15 is 0 Å². The van der Waals surface area contributed by atoms with E-state index in [0.29, 0.717) is 6.61 Å². The molecule has 0 fully saturated rings. The van der Waals surface area contributed by atoms with Crippen LogP contribution in [0.25, 0.3) is 11.1 Å². The van der Waals surface area contributed by atoms with Crippen molar-refractivity contribution in [1.29, 1.82) is 0 Å². The fraction of sp³-hybridized carbons (Fsp3) is 0.316. The van der Waals surface area contributed by atoms with Gasteiger partial charge in [-0.2, -0.15) is 0 Å². The van der Waals surface area contributed by atoms with Crippen molar-refractivity contribution in [2.45, 2.75) is 20.8 Å². The van der Waals surface area contributed by atoms with Crippen LogP contribution in [-0.2, 0) is 9.53 Å². The molecule has 0 saturated carbocycles. The Morgan fingerprint density at radius 2 is 1.45 bits per heavy atom. The normalized spacial score (nSPS) is 11.0. The molecule has 3 nitrogen and oxygen atoms in total. The van der Waals surface area contributed by atoms with Gasteiger partial charge in [-0.3, -0.25) is 4.79 Å². The van der Waals surface area contributed by atoms with Crippen LogP contribution in [0, 0.1) is 5.41 Å². The average Bonchev–Trinajstić information content (AvgIpc) is 2.52. The summed E-state index contributed by atoms with van der Waals surface area (Å²) in [6.45, 7) is 6.11. The van der Waals surface area contributed by atoms with E-state index in [1.54, 1.807) is 0 Å². The van der Waals surface area contributed by atoms with Crippen LogP contribution in [0.15, 0.2) is 54.6 Å². The van der Waals surface area contributed by atoms with Crippen molar-refractivity contribution in [3.63, 3.8) is 0 Å². The third kappa shape index (κ3) is 4.62. The van der Waals surface area contributed by atoms with Gasteiger partial charge in [-0.25, -0.2) is 0 Å². The van der Waals surface area contributed by atoms with Crippen molar-refractivity contribution < 1.29 is 14.3 Å². The second-order valence-corrected chi connectivity index (χ2v) is 6.12. The van der Waals surface area contributed by atoms with Crippen molar-refractivity contribution in [2.24, 2.45) is 5.41 Å². The number of hydrogen-bond acceptors (Lipinski definition) is 3. The molecule has 2 aromatic carbocycles. The van der Waals surface area contributed by atoms with E-state index in [9.17, 15) is 4.79 Å². The molecule has 2 aromatic rings. The van der Waals surface area contributed by atoms with E-state index in [2.05, 4.69) is 12.1 Å². The summed E-state index contributed by atoms with van der Waals surface area (Å²) in [6.07, 6.45) is 0. The van der Waals surface area contributed by atoms with Gasteiger partial charge in [0.2, 0.25) is 0 Å². The molecule has 116 valence electrons. The second-order valence-electron chi connectivity index (χ2n) is 6.12. The summed E-state index contributed by atoms with van der Waals surface area (Å²) in [5.74, 6) is 0.557. The van der Waals surface area contributed by atoms with Crippen molar-refractivity contribution in [3.8, 4) is 16.9 Å². The van der Waals surface area contributed by atoms with Crippen LogP contribution in [0.3, 0.4) is 0 Å². The highest BCUT2D eigenvalue weighted by molar-refractivity contribution is 5.75. The highest BCUT2D eigenvalue weighted by atomic mass is 16.6. The van der Waals surface area contributed by atoms with Gasteiger partial charge in [-0.15, -0.1) is 0 Å². The van der Waals surface area contributed by atoms with Gasteiger partial charge in [-0.05, 0) is 44.0 Å². The summed E-state index contributed by atoms with van der Waals surface area (Å²) in [4.78, 5) is 11.6. The molecule has 2 rings (SSSR count). The molecule has 0 amide bonds. The fourth-order valence-electron chi connectivity index (χ4n) is 1.88. The van der Waals surface area contributed by atoms with Gasteiger partial charge < -0.3 is 9.47 Å². The average molecular weight is 298 g/mol. The Morgan fingerprint density at radius 1 is 0.864 bits per heavy atom. The van der Waals surface area contributed by atoms with Gasteiger partial charge in [0.25, 0.3) is 0 Å². The maximum Gasteiger partial charge on any atom is 0.311 e. The Labute approximate surface area is 131 Å². The lowest BCUT2D eigenvalue weighted by Crippen LogP contribution is -2.24. The first-order chi connectivity index (χ1) is 10.5. The van der Waals surface area contributed by atoms with Gasteiger partial charge in [0, 0.05) is 0 Å². The number of esters is 1. The molecular formula is C19H22O3. The summed E-state index contributed by atoms with van der Waals surface area (Å²) in [5.41, 5.74) is 1.84. The van der Waals surface area contributed by atoms with Crippen LogP contribution in [0.2, 0.25) is 0 Å². The summed E-state index contributed by atoms with van der Waals surface area (Å²) in [7, 11) is 0. The molecule has 0 aliphatic carbocycles. The number of hydrogen-bond donors (Lipinski definition) is 0. The Kier molecular flexibility index (Phi) is 5.21. The molecule has 0 atom stereocenters. The third-order valence-electron chi connectivity index (χ3n) is 3.16. The van der Waals surface area contributed by atoms with Gasteiger partial charge >= 0.3 is 5.97 Å². The zero-order valence-corrected chi connectivity index (χ0v) is 13.3. The van der Waals surface area contributed by atoms with Crippen LogP contribution in [0.1, 0.15) is 20.8 Å². The van der Waals surface area contributed by atoms with Gasteiger partial charge in [-0.1, -0.05) is 42.5 Å². The molecule has 0 aromatic heterocycles. The van der Waals surface area contributed by atoms with E-state index in [1.807, 2.05) is 63.2 Å². The lowest BCUT2D eigenvalue weighted by molar-refractivity contribution is -0.153. The highest BCUT2D eigenvalue weighted by Crippen LogP contribution is 2.22. The third-order valence-corrected chi connectivity index (χ3v) is 3.16. The Hall–Kier alpha value is -2.29. The molecule has 0 aliphatic heterocycles. The zero-order valence-electron chi connectivity index (χ0n) is 13.3. The summed E-state index contributed by atoms with van der Waals surface area (Å²) < 4.78 is 10.7. The second kappa shape index (κ2) is 7.12. The van der Waals surface area contributed by atoms with Gasteiger partial charge in [0.1, 0.15) is 19.0 Å². The quantitative estimate of drug-likeness (QED) is 0.609. The molecule has 22 heavy (non-hydrogen) atoms. The van der Waals surface area contributed by atoms with E-state index in [1.165, 1.54) is 5.56 Å². The molecule has 0 spiro atoms. The van der Waals surface area contributed by atoms with Crippen LogP contribution < -0.4 is 4.74 Å². The van der Waals surface area contributed by atoms with Crippen LogP contribution >= 0.6 is 0 Å². The molecule has 0 saturated heterocycles. The van der Waals surface area contributed by atoms with Crippen molar-refractivity contribution in [1.82, 2.24) is 0 Å². The minimum Gasteiger partial charge on any atom is -0.490 e. The number of carbonyl (C=O) groups is 1. The molecule has 0 unspecified atom stereocenters. The van der Waals surface area contributed by atoms with Crippen LogP contribution in [0.5, 0.6) is 5.75 Å². The first-order valence-corrected chi connectivity index (χ1v) is 7.42. The van der Waals surface area contributed by atoms with E-state index in [-0.39, 0.29) is 12.6 Å². The SMILES string of the molecule is CC(C)(C)C(=O)OCCOc1ccc(-c2ccccc2)cc1. The van der Waals surface area contributed by atoms with E-state index in [4.69, 9.17) is 9.47 Å². The predicted molar refractivity (Wildman–Crippen MR) is 87.8 cm³/mol. The number of ether oxygens (including phenoxy) is 2. The lowest BCUT2D eigenvalue weighted by Gasteiger charge is -2.16. The van der Waals surface area contributed by atoms with Crippen molar-refractivity contribution in [2.75, 3.05) is 13.2 Å². The van der Waals surface area contributed by atoms with E-state index < -0.39 is 5.41 Å². The Morgan fingerprint density at radius 3 is 2.05 bits per heavy atom.